The molecule has 2 rings (SSSR count). The van der Waals surface area contributed by atoms with Crippen molar-refractivity contribution in [1.82, 2.24) is 10.2 Å². The Bertz CT molecular complexity index is 665. The number of likely N-dealkylation sites (N-methyl/N-ethyl adjacent to an activating group) is 1. The van der Waals surface area contributed by atoms with Gasteiger partial charge in [0.1, 0.15) is 5.75 Å². The van der Waals surface area contributed by atoms with Crippen molar-refractivity contribution in [3.05, 3.63) is 51.7 Å². The highest BCUT2D eigenvalue weighted by atomic mass is 32.1. The van der Waals surface area contributed by atoms with E-state index in [2.05, 4.69) is 30.1 Å². The molecule has 0 saturated heterocycles. The summed E-state index contributed by atoms with van der Waals surface area (Å²) in [6, 6.07) is 12.1. The maximum Gasteiger partial charge on any atom is 0.261 e. The second-order valence-corrected chi connectivity index (χ2v) is 6.92. The van der Waals surface area contributed by atoms with Crippen LogP contribution in [0.5, 0.6) is 5.75 Å². The first kappa shape index (κ1) is 18.5. The van der Waals surface area contributed by atoms with Gasteiger partial charge in [-0.2, -0.15) is 0 Å². The van der Waals surface area contributed by atoms with Gasteiger partial charge in [-0.05, 0) is 49.8 Å². The third-order valence-corrected chi connectivity index (χ3v) is 5.15. The molecule has 0 saturated carbocycles. The van der Waals surface area contributed by atoms with Crippen LogP contribution in [-0.2, 0) is 0 Å². The average Bonchev–Trinajstić information content (AvgIpc) is 3.05. The summed E-state index contributed by atoms with van der Waals surface area (Å²) in [7, 11) is 1.67. The molecule has 1 atom stereocenters. The smallest absolute Gasteiger partial charge is 0.261 e. The fourth-order valence-electron chi connectivity index (χ4n) is 2.80. The van der Waals surface area contributed by atoms with Crippen molar-refractivity contribution in [2.24, 2.45) is 0 Å². The van der Waals surface area contributed by atoms with E-state index >= 15 is 0 Å². The van der Waals surface area contributed by atoms with Crippen LogP contribution in [0.3, 0.4) is 0 Å². The highest BCUT2D eigenvalue weighted by Gasteiger charge is 2.20. The molecule has 0 radical (unpaired) electrons. The molecule has 0 aliphatic carbocycles. The Labute approximate surface area is 148 Å². The van der Waals surface area contributed by atoms with Crippen molar-refractivity contribution in [2.75, 3.05) is 26.7 Å². The van der Waals surface area contributed by atoms with Gasteiger partial charge in [0.25, 0.3) is 5.91 Å². The first-order valence-electron chi connectivity index (χ1n) is 8.31. The number of nitrogens with zero attached hydrogens (tertiary/aromatic N) is 1. The van der Waals surface area contributed by atoms with E-state index < -0.39 is 0 Å². The quantitative estimate of drug-likeness (QED) is 0.789. The molecule has 4 nitrogen and oxygen atoms in total. The van der Waals surface area contributed by atoms with Crippen LogP contribution in [0.1, 0.15) is 40.0 Å². The molecule has 130 valence electrons. The Morgan fingerprint density at radius 3 is 2.58 bits per heavy atom. The van der Waals surface area contributed by atoms with Gasteiger partial charge in [-0.15, -0.1) is 11.3 Å². The predicted molar refractivity (Wildman–Crippen MR) is 100 cm³/mol. The minimum Gasteiger partial charge on any atom is -0.497 e. The molecule has 0 spiro atoms. The summed E-state index contributed by atoms with van der Waals surface area (Å²) in [5.41, 5.74) is 1.15. The van der Waals surface area contributed by atoms with E-state index in [1.807, 2.05) is 37.3 Å². The van der Waals surface area contributed by atoms with E-state index in [0.29, 0.717) is 6.54 Å². The molecular weight excluding hydrogens is 320 g/mol. The lowest BCUT2D eigenvalue weighted by molar-refractivity contribution is 0.0939. The molecule has 1 amide bonds. The van der Waals surface area contributed by atoms with Crippen molar-refractivity contribution < 1.29 is 9.53 Å². The number of ether oxygens (including phenoxy) is 1. The topological polar surface area (TPSA) is 41.6 Å². The van der Waals surface area contributed by atoms with Crippen molar-refractivity contribution in [3.63, 3.8) is 0 Å². The fraction of sp³-hybridized carbons (Fsp3) is 0.421. The maximum absolute atomic E-state index is 12.4. The molecule has 0 bridgehead atoms. The number of methoxy groups -OCH3 is 1. The average molecular weight is 346 g/mol. The zero-order valence-corrected chi connectivity index (χ0v) is 15.7. The van der Waals surface area contributed by atoms with Gasteiger partial charge in [-0.3, -0.25) is 9.69 Å². The Hall–Kier alpha value is -1.85. The minimum absolute atomic E-state index is 0.00634. The second kappa shape index (κ2) is 8.85. The molecule has 0 fully saturated rings. The van der Waals surface area contributed by atoms with Crippen molar-refractivity contribution in [1.29, 1.82) is 0 Å². The molecule has 1 heterocycles. The number of aryl methyl sites for hydroxylation is 1. The van der Waals surface area contributed by atoms with Crippen LogP contribution in [0, 0.1) is 6.92 Å². The lowest BCUT2D eigenvalue weighted by Crippen LogP contribution is -2.37. The predicted octanol–water partition coefficient (Wildman–Crippen LogP) is 3.88. The van der Waals surface area contributed by atoms with Gasteiger partial charge < -0.3 is 10.1 Å². The summed E-state index contributed by atoms with van der Waals surface area (Å²) in [4.78, 5) is 16.6. The SMILES string of the molecule is CCN(CC)C(CNC(=O)c1ccc(C)s1)c1cccc(OC)c1. The first-order chi connectivity index (χ1) is 11.6. The van der Waals surface area contributed by atoms with Gasteiger partial charge in [0.2, 0.25) is 0 Å². The van der Waals surface area contributed by atoms with Crippen LogP contribution in [-0.4, -0.2) is 37.6 Å². The van der Waals surface area contributed by atoms with E-state index in [0.717, 1.165) is 34.2 Å². The zero-order chi connectivity index (χ0) is 17.5. The number of hydrogen-bond donors (Lipinski definition) is 1. The van der Waals surface area contributed by atoms with Gasteiger partial charge in [-0.25, -0.2) is 0 Å². The van der Waals surface area contributed by atoms with Gasteiger partial charge in [0.15, 0.2) is 0 Å². The standard InChI is InChI=1S/C19H26N2O2S/c1-5-21(6-2)17(15-8-7-9-16(12-15)23-4)13-20-19(22)18-11-10-14(3)24-18/h7-12,17H,5-6,13H2,1-4H3,(H,20,22). The molecule has 1 N–H and O–H groups in total. The lowest BCUT2D eigenvalue weighted by atomic mass is 10.0. The van der Waals surface area contributed by atoms with Crippen LogP contribution in [0.2, 0.25) is 0 Å². The number of hydrogen-bond acceptors (Lipinski definition) is 4. The Kier molecular flexibility index (Phi) is 6.82. The Balaban J connectivity index is 2.15. The summed E-state index contributed by atoms with van der Waals surface area (Å²) in [5.74, 6) is 0.831. The van der Waals surface area contributed by atoms with Crippen LogP contribution in [0.15, 0.2) is 36.4 Å². The lowest BCUT2D eigenvalue weighted by Gasteiger charge is -2.30. The molecule has 5 heteroatoms. The molecule has 1 aromatic carbocycles. The van der Waals surface area contributed by atoms with Gasteiger partial charge >= 0.3 is 0 Å². The Morgan fingerprint density at radius 2 is 2.00 bits per heavy atom. The van der Waals surface area contributed by atoms with E-state index in [1.54, 1.807) is 7.11 Å². The van der Waals surface area contributed by atoms with E-state index in [9.17, 15) is 4.79 Å². The summed E-state index contributed by atoms with van der Waals surface area (Å²) >= 11 is 1.52. The maximum atomic E-state index is 12.4. The highest BCUT2D eigenvalue weighted by molar-refractivity contribution is 7.13. The van der Waals surface area contributed by atoms with Crippen LogP contribution in [0.25, 0.3) is 0 Å². The number of rotatable bonds is 8. The van der Waals surface area contributed by atoms with Crippen molar-refractivity contribution >= 4 is 17.2 Å². The third kappa shape index (κ3) is 4.58. The summed E-state index contributed by atoms with van der Waals surface area (Å²) in [6.45, 7) is 8.71. The van der Waals surface area contributed by atoms with E-state index in [4.69, 9.17) is 4.74 Å². The Morgan fingerprint density at radius 1 is 1.25 bits per heavy atom. The summed E-state index contributed by atoms with van der Waals surface area (Å²) in [5, 5.41) is 3.09. The molecule has 24 heavy (non-hydrogen) atoms. The fourth-order valence-corrected chi connectivity index (χ4v) is 3.59. The van der Waals surface area contributed by atoms with Gasteiger partial charge in [-0.1, -0.05) is 26.0 Å². The molecule has 1 unspecified atom stereocenters. The van der Waals surface area contributed by atoms with Gasteiger partial charge in [0.05, 0.1) is 18.0 Å². The van der Waals surface area contributed by atoms with Crippen LogP contribution >= 0.6 is 11.3 Å². The molecule has 1 aromatic heterocycles. The number of amides is 1. The van der Waals surface area contributed by atoms with Crippen LogP contribution in [0.4, 0.5) is 0 Å². The molecular formula is C19H26N2O2S. The normalized spacial score (nSPS) is 12.2. The van der Waals surface area contributed by atoms with Gasteiger partial charge in [0, 0.05) is 11.4 Å². The number of nitrogens with one attached hydrogen (secondary N) is 1. The summed E-state index contributed by atoms with van der Waals surface area (Å²) < 4.78 is 5.35. The van der Waals surface area contributed by atoms with Crippen molar-refractivity contribution in [3.8, 4) is 5.75 Å². The summed E-state index contributed by atoms with van der Waals surface area (Å²) in [6.07, 6.45) is 0. The number of carbonyl (C=O) groups is 1. The number of thiophene rings is 1. The monoisotopic (exact) mass is 346 g/mol. The zero-order valence-electron chi connectivity index (χ0n) is 14.8. The first-order valence-corrected chi connectivity index (χ1v) is 9.13. The third-order valence-electron chi connectivity index (χ3n) is 4.15. The van der Waals surface area contributed by atoms with E-state index in [-0.39, 0.29) is 11.9 Å². The number of benzene rings is 1. The molecule has 2 aromatic rings. The van der Waals surface area contributed by atoms with E-state index in [1.165, 1.54) is 11.3 Å². The largest absolute Gasteiger partial charge is 0.497 e. The van der Waals surface area contributed by atoms with Crippen LogP contribution < -0.4 is 10.1 Å². The van der Waals surface area contributed by atoms with Crippen molar-refractivity contribution in [2.45, 2.75) is 26.8 Å². The number of carbonyl (C=O) groups excluding carboxylic acids is 1. The second-order valence-electron chi connectivity index (χ2n) is 5.63. The molecule has 0 aliphatic rings. The minimum atomic E-state index is -0.00634. The molecule has 0 aliphatic heterocycles. The highest BCUT2D eigenvalue weighted by Crippen LogP contribution is 2.24.